The van der Waals surface area contributed by atoms with Crippen LogP contribution >= 0.6 is 0 Å². The molecular weight excluding hydrogens is 288 g/mol. The number of rotatable bonds is 5. The predicted molar refractivity (Wildman–Crippen MR) is 93.4 cm³/mol. The molecule has 0 spiro atoms. The molecule has 0 saturated heterocycles. The third kappa shape index (κ3) is 3.74. The van der Waals surface area contributed by atoms with Crippen LogP contribution in [0.25, 0.3) is 0 Å². The molecule has 4 nitrogen and oxygen atoms in total. The van der Waals surface area contributed by atoms with Gasteiger partial charge >= 0.3 is 0 Å². The molecule has 0 aromatic heterocycles. The van der Waals surface area contributed by atoms with Crippen molar-refractivity contribution >= 4 is 17.5 Å². The van der Waals surface area contributed by atoms with Crippen molar-refractivity contribution in [2.75, 3.05) is 4.90 Å². The van der Waals surface area contributed by atoms with Crippen LogP contribution in [-0.4, -0.2) is 23.4 Å². The van der Waals surface area contributed by atoms with Crippen molar-refractivity contribution in [1.82, 2.24) is 5.32 Å². The lowest BCUT2D eigenvalue weighted by Crippen LogP contribution is -2.60. The molecule has 0 heterocycles. The molecule has 2 amide bonds. The second-order valence-electron chi connectivity index (χ2n) is 6.77. The van der Waals surface area contributed by atoms with Gasteiger partial charge in [-0.3, -0.25) is 14.5 Å². The summed E-state index contributed by atoms with van der Waals surface area (Å²) in [6.07, 6.45) is 4.98. The first-order chi connectivity index (χ1) is 10.9. The molecule has 0 aliphatic heterocycles. The van der Waals surface area contributed by atoms with Crippen LogP contribution in [0.15, 0.2) is 24.3 Å². The minimum atomic E-state index is -0.871. The van der Waals surface area contributed by atoms with Crippen LogP contribution < -0.4 is 10.2 Å². The van der Waals surface area contributed by atoms with E-state index in [1.807, 2.05) is 45.0 Å². The van der Waals surface area contributed by atoms with E-state index < -0.39 is 5.54 Å². The van der Waals surface area contributed by atoms with E-state index in [0.717, 1.165) is 24.1 Å². The summed E-state index contributed by atoms with van der Waals surface area (Å²) in [5, 5.41) is 3.15. The van der Waals surface area contributed by atoms with Crippen molar-refractivity contribution in [3.8, 4) is 0 Å². The number of hydrogen-bond donors (Lipinski definition) is 1. The number of anilines is 1. The quantitative estimate of drug-likeness (QED) is 0.902. The summed E-state index contributed by atoms with van der Waals surface area (Å²) in [6.45, 7) is 7.35. The smallest absolute Gasteiger partial charge is 0.246 e. The molecule has 2 rings (SSSR count). The second kappa shape index (κ2) is 7.16. The van der Waals surface area contributed by atoms with Gasteiger partial charge in [0, 0.05) is 18.7 Å². The van der Waals surface area contributed by atoms with E-state index in [2.05, 4.69) is 5.32 Å². The topological polar surface area (TPSA) is 49.4 Å². The summed E-state index contributed by atoms with van der Waals surface area (Å²) in [4.78, 5) is 26.9. The Balaban J connectivity index is 2.30. The highest BCUT2D eigenvalue weighted by Gasteiger charge is 2.41. The third-order valence-corrected chi connectivity index (χ3v) is 4.97. The summed E-state index contributed by atoms with van der Waals surface area (Å²) >= 11 is 0. The van der Waals surface area contributed by atoms with E-state index in [4.69, 9.17) is 0 Å². The highest BCUT2D eigenvalue weighted by atomic mass is 16.2. The van der Waals surface area contributed by atoms with Gasteiger partial charge in [0.2, 0.25) is 11.8 Å². The van der Waals surface area contributed by atoms with Crippen LogP contribution in [0.1, 0.15) is 58.4 Å². The number of carbonyl (C=O) groups excluding carboxylic acids is 2. The average Bonchev–Trinajstić information content (AvgIpc) is 3.01. The van der Waals surface area contributed by atoms with E-state index >= 15 is 0 Å². The Hall–Kier alpha value is -1.84. The lowest BCUT2D eigenvalue weighted by molar-refractivity contribution is -0.130. The number of hydrogen-bond acceptors (Lipinski definition) is 2. The largest absolute Gasteiger partial charge is 0.351 e. The monoisotopic (exact) mass is 316 g/mol. The number of benzene rings is 1. The van der Waals surface area contributed by atoms with Crippen LogP contribution in [0.2, 0.25) is 0 Å². The molecule has 1 aliphatic carbocycles. The van der Waals surface area contributed by atoms with Gasteiger partial charge in [0.1, 0.15) is 5.54 Å². The first-order valence-electron chi connectivity index (χ1n) is 8.57. The molecule has 1 saturated carbocycles. The minimum Gasteiger partial charge on any atom is -0.351 e. The zero-order valence-electron chi connectivity index (χ0n) is 14.7. The van der Waals surface area contributed by atoms with Gasteiger partial charge in [0.15, 0.2) is 0 Å². The summed E-state index contributed by atoms with van der Waals surface area (Å²) in [7, 11) is 0. The van der Waals surface area contributed by atoms with Gasteiger partial charge in [-0.25, -0.2) is 0 Å². The molecule has 1 aliphatic rings. The lowest BCUT2D eigenvalue weighted by atomic mass is 9.93. The molecule has 4 heteroatoms. The SMILES string of the molecule is CC[C@@](C)(C(=O)NC1CCCC1)N(C(C)=O)c1ccc(C)cc1. The fraction of sp³-hybridized carbons (Fsp3) is 0.579. The van der Waals surface area contributed by atoms with Gasteiger partial charge in [-0.1, -0.05) is 37.5 Å². The summed E-state index contributed by atoms with van der Waals surface area (Å²) < 4.78 is 0. The van der Waals surface area contributed by atoms with Crippen molar-refractivity contribution in [3.05, 3.63) is 29.8 Å². The van der Waals surface area contributed by atoms with Crippen LogP contribution in [0.4, 0.5) is 5.69 Å². The summed E-state index contributed by atoms with van der Waals surface area (Å²) in [6, 6.07) is 8.01. The normalized spacial score (nSPS) is 17.6. The molecule has 0 unspecified atom stereocenters. The fourth-order valence-electron chi connectivity index (χ4n) is 3.34. The molecular formula is C19H28N2O2. The Kier molecular flexibility index (Phi) is 5.45. The van der Waals surface area contributed by atoms with Gasteiger partial charge in [0.25, 0.3) is 0 Å². The van der Waals surface area contributed by atoms with Crippen LogP contribution in [0, 0.1) is 6.92 Å². The molecule has 1 aromatic carbocycles. The highest BCUT2D eigenvalue weighted by molar-refractivity contribution is 6.02. The Morgan fingerprint density at radius 1 is 1.22 bits per heavy atom. The molecule has 1 fully saturated rings. The Labute approximate surface area is 139 Å². The van der Waals surface area contributed by atoms with Crippen LogP contribution in [0.3, 0.4) is 0 Å². The van der Waals surface area contributed by atoms with Gasteiger partial charge in [-0.15, -0.1) is 0 Å². The van der Waals surface area contributed by atoms with Crippen molar-refractivity contribution < 1.29 is 9.59 Å². The average molecular weight is 316 g/mol. The van der Waals surface area contributed by atoms with Gasteiger partial charge in [0.05, 0.1) is 0 Å². The number of nitrogens with zero attached hydrogens (tertiary/aromatic N) is 1. The van der Waals surface area contributed by atoms with Crippen LogP contribution in [0.5, 0.6) is 0 Å². The van der Waals surface area contributed by atoms with Crippen molar-refractivity contribution in [1.29, 1.82) is 0 Å². The Bertz CT molecular complexity index is 561. The summed E-state index contributed by atoms with van der Waals surface area (Å²) in [5.74, 6) is -0.164. The predicted octanol–water partition coefficient (Wildman–Crippen LogP) is 3.58. The second-order valence-corrected chi connectivity index (χ2v) is 6.77. The van der Waals surface area contributed by atoms with E-state index in [-0.39, 0.29) is 17.9 Å². The molecule has 23 heavy (non-hydrogen) atoms. The van der Waals surface area contributed by atoms with E-state index in [1.165, 1.54) is 19.8 Å². The Morgan fingerprint density at radius 3 is 2.26 bits per heavy atom. The maximum atomic E-state index is 12.9. The van der Waals surface area contributed by atoms with Gasteiger partial charge in [-0.05, 0) is 45.2 Å². The van der Waals surface area contributed by atoms with Gasteiger partial charge < -0.3 is 5.32 Å². The van der Waals surface area contributed by atoms with Gasteiger partial charge in [-0.2, -0.15) is 0 Å². The van der Waals surface area contributed by atoms with Crippen molar-refractivity contribution in [3.63, 3.8) is 0 Å². The summed E-state index contributed by atoms with van der Waals surface area (Å²) in [5.41, 5.74) is 1.03. The highest BCUT2D eigenvalue weighted by Crippen LogP contribution is 2.29. The lowest BCUT2D eigenvalue weighted by Gasteiger charge is -2.39. The standard InChI is InChI=1S/C19H28N2O2/c1-5-19(4,18(23)20-16-8-6-7-9-16)21(15(3)22)17-12-10-14(2)11-13-17/h10-13,16H,5-9H2,1-4H3,(H,20,23)/t19-/m0/s1. The number of amides is 2. The first kappa shape index (κ1) is 17.5. The molecule has 1 atom stereocenters. The van der Waals surface area contributed by atoms with Crippen LogP contribution in [-0.2, 0) is 9.59 Å². The fourth-order valence-corrected chi connectivity index (χ4v) is 3.34. The van der Waals surface area contributed by atoms with Crippen molar-refractivity contribution in [2.45, 2.75) is 71.4 Å². The van der Waals surface area contributed by atoms with E-state index in [9.17, 15) is 9.59 Å². The number of aryl methyl sites for hydroxylation is 1. The molecule has 0 bridgehead atoms. The first-order valence-corrected chi connectivity index (χ1v) is 8.57. The molecule has 1 N–H and O–H groups in total. The maximum absolute atomic E-state index is 12.9. The molecule has 126 valence electrons. The zero-order valence-corrected chi connectivity index (χ0v) is 14.7. The number of carbonyl (C=O) groups is 2. The zero-order chi connectivity index (χ0) is 17.0. The van der Waals surface area contributed by atoms with E-state index in [0.29, 0.717) is 6.42 Å². The third-order valence-electron chi connectivity index (χ3n) is 4.97. The molecule has 0 radical (unpaired) electrons. The Morgan fingerprint density at radius 2 is 1.78 bits per heavy atom. The maximum Gasteiger partial charge on any atom is 0.246 e. The van der Waals surface area contributed by atoms with Crippen molar-refractivity contribution in [2.24, 2.45) is 0 Å². The number of nitrogens with one attached hydrogen (secondary N) is 1. The molecule has 1 aromatic rings. The van der Waals surface area contributed by atoms with E-state index in [1.54, 1.807) is 4.90 Å². The minimum absolute atomic E-state index is 0.0531.